The molecule has 2 aliphatic heterocycles. The number of ether oxygens (including phenoxy) is 2. The van der Waals surface area contributed by atoms with E-state index in [1.807, 2.05) is 0 Å². The standard InChI is InChI=1S/C18H20N2O6S2/c1-27(21,22)20-8-2-3-13-4-5-14(11-16(13)20)19-28(23,24)15-6-7-17-18(12-15)26-10-9-25-17/h4-7,11-12,19H,2-3,8-10H2,1H3. The molecule has 0 fully saturated rings. The highest BCUT2D eigenvalue weighted by Gasteiger charge is 2.25. The summed E-state index contributed by atoms with van der Waals surface area (Å²) in [5.74, 6) is 0.880. The summed E-state index contributed by atoms with van der Waals surface area (Å²) in [4.78, 5) is 0.0365. The molecule has 10 heteroatoms. The predicted octanol–water partition coefficient (Wildman–Crippen LogP) is 1.97. The molecule has 0 saturated heterocycles. The fourth-order valence-electron chi connectivity index (χ4n) is 3.35. The Morgan fingerprint density at radius 1 is 0.964 bits per heavy atom. The van der Waals surface area contributed by atoms with Crippen LogP contribution in [-0.2, 0) is 26.5 Å². The van der Waals surface area contributed by atoms with Gasteiger partial charge in [-0.2, -0.15) is 0 Å². The van der Waals surface area contributed by atoms with Crippen LogP contribution in [0.3, 0.4) is 0 Å². The summed E-state index contributed by atoms with van der Waals surface area (Å²) in [7, 11) is -7.32. The second-order valence-corrected chi connectivity index (χ2v) is 10.3. The normalized spacial score (nSPS) is 16.4. The van der Waals surface area contributed by atoms with Crippen molar-refractivity contribution >= 4 is 31.4 Å². The van der Waals surface area contributed by atoms with E-state index in [0.29, 0.717) is 42.6 Å². The van der Waals surface area contributed by atoms with Gasteiger partial charge in [-0.15, -0.1) is 0 Å². The average molecular weight is 425 g/mol. The largest absolute Gasteiger partial charge is 0.486 e. The number of rotatable bonds is 4. The molecule has 1 N–H and O–H groups in total. The summed E-state index contributed by atoms with van der Waals surface area (Å²) >= 11 is 0. The van der Waals surface area contributed by atoms with Crippen molar-refractivity contribution in [1.29, 1.82) is 0 Å². The van der Waals surface area contributed by atoms with Crippen molar-refractivity contribution in [3.05, 3.63) is 42.0 Å². The average Bonchev–Trinajstić information content (AvgIpc) is 2.66. The molecule has 150 valence electrons. The van der Waals surface area contributed by atoms with Gasteiger partial charge in [0.15, 0.2) is 11.5 Å². The zero-order valence-electron chi connectivity index (χ0n) is 15.2. The predicted molar refractivity (Wildman–Crippen MR) is 105 cm³/mol. The van der Waals surface area contributed by atoms with Crippen LogP contribution in [0.1, 0.15) is 12.0 Å². The number of anilines is 2. The van der Waals surface area contributed by atoms with E-state index in [2.05, 4.69) is 4.72 Å². The molecule has 0 aromatic heterocycles. The lowest BCUT2D eigenvalue weighted by Crippen LogP contribution is -2.34. The third-order valence-electron chi connectivity index (χ3n) is 4.64. The third kappa shape index (κ3) is 3.61. The van der Waals surface area contributed by atoms with Gasteiger partial charge in [-0.25, -0.2) is 16.8 Å². The Morgan fingerprint density at radius 3 is 2.46 bits per heavy atom. The number of benzene rings is 2. The number of hydrogen-bond donors (Lipinski definition) is 1. The van der Waals surface area contributed by atoms with Crippen LogP contribution in [-0.4, -0.2) is 42.8 Å². The molecule has 0 unspecified atom stereocenters. The Balaban J connectivity index is 1.66. The van der Waals surface area contributed by atoms with Crippen molar-refractivity contribution < 1.29 is 26.3 Å². The summed E-state index contributed by atoms with van der Waals surface area (Å²) in [6, 6.07) is 9.37. The number of aryl methyl sites for hydroxylation is 1. The zero-order valence-corrected chi connectivity index (χ0v) is 16.8. The summed E-state index contributed by atoms with van der Waals surface area (Å²) in [6.45, 7) is 1.16. The molecule has 8 nitrogen and oxygen atoms in total. The highest BCUT2D eigenvalue weighted by atomic mass is 32.2. The maximum absolute atomic E-state index is 12.8. The quantitative estimate of drug-likeness (QED) is 0.805. The van der Waals surface area contributed by atoms with Crippen LogP contribution in [0.25, 0.3) is 0 Å². The van der Waals surface area contributed by atoms with Crippen molar-refractivity contribution in [2.75, 3.05) is 35.0 Å². The maximum Gasteiger partial charge on any atom is 0.262 e. The number of nitrogens with zero attached hydrogens (tertiary/aromatic N) is 1. The van der Waals surface area contributed by atoms with E-state index in [1.54, 1.807) is 24.3 Å². The van der Waals surface area contributed by atoms with E-state index in [9.17, 15) is 16.8 Å². The minimum atomic E-state index is -3.88. The van der Waals surface area contributed by atoms with E-state index in [0.717, 1.165) is 24.7 Å². The lowest BCUT2D eigenvalue weighted by Gasteiger charge is -2.29. The Labute approximate surface area is 164 Å². The summed E-state index contributed by atoms with van der Waals surface area (Å²) in [5, 5.41) is 0. The number of nitrogens with one attached hydrogen (secondary N) is 1. The number of fused-ring (bicyclic) bond motifs is 2. The SMILES string of the molecule is CS(=O)(=O)N1CCCc2ccc(NS(=O)(=O)c3ccc4c(c3)OCCO4)cc21. The maximum atomic E-state index is 12.8. The molecular weight excluding hydrogens is 404 g/mol. The van der Waals surface area contributed by atoms with E-state index < -0.39 is 20.0 Å². The van der Waals surface area contributed by atoms with Crippen LogP contribution in [0.15, 0.2) is 41.3 Å². The van der Waals surface area contributed by atoms with E-state index >= 15 is 0 Å². The van der Waals surface area contributed by atoms with Gasteiger partial charge in [0.1, 0.15) is 13.2 Å². The van der Waals surface area contributed by atoms with Crippen LogP contribution in [0, 0.1) is 0 Å². The van der Waals surface area contributed by atoms with Crippen molar-refractivity contribution in [3.63, 3.8) is 0 Å². The van der Waals surface area contributed by atoms with Gasteiger partial charge >= 0.3 is 0 Å². The molecule has 0 bridgehead atoms. The molecule has 2 heterocycles. The Bertz CT molecular complexity index is 1130. The van der Waals surface area contributed by atoms with Crippen LogP contribution in [0.4, 0.5) is 11.4 Å². The Morgan fingerprint density at radius 2 is 1.71 bits per heavy atom. The van der Waals surface area contributed by atoms with Crippen LogP contribution < -0.4 is 18.5 Å². The molecule has 2 aliphatic rings. The highest BCUT2D eigenvalue weighted by molar-refractivity contribution is 7.92. The van der Waals surface area contributed by atoms with Crippen molar-refractivity contribution in [2.24, 2.45) is 0 Å². The monoisotopic (exact) mass is 424 g/mol. The van der Waals surface area contributed by atoms with Gasteiger partial charge in [-0.05, 0) is 42.7 Å². The first kappa shape index (κ1) is 18.9. The van der Waals surface area contributed by atoms with Gasteiger partial charge in [0.05, 0.1) is 22.5 Å². The lowest BCUT2D eigenvalue weighted by atomic mass is 10.0. The van der Waals surface area contributed by atoms with Crippen molar-refractivity contribution in [2.45, 2.75) is 17.7 Å². The second kappa shape index (κ2) is 6.85. The molecular formula is C18H20N2O6S2. The molecule has 0 aliphatic carbocycles. The van der Waals surface area contributed by atoms with Gasteiger partial charge in [0.2, 0.25) is 10.0 Å². The smallest absolute Gasteiger partial charge is 0.262 e. The zero-order chi connectivity index (χ0) is 19.9. The number of sulfonamides is 2. The molecule has 0 radical (unpaired) electrons. The van der Waals surface area contributed by atoms with Gasteiger partial charge < -0.3 is 9.47 Å². The first-order chi connectivity index (χ1) is 13.2. The third-order valence-corrected chi connectivity index (χ3v) is 7.20. The molecule has 0 atom stereocenters. The topological polar surface area (TPSA) is 102 Å². The van der Waals surface area contributed by atoms with E-state index in [4.69, 9.17) is 9.47 Å². The van der Waals surface area contributed by atoms with Crippen LogP contribution in [0.5, 0.6) is 11.5 Å². The van der Waals surface area contributed by atoms with Crippen LogP contribution >= 0.6 is 0 Å². The molecule has 2 aromatic rings. The Hall–Kier alpha value is -2.46. The fourth-order valence-corrected chi connectivity index (χ4v) is 5.41. The lowest BCUT2D eigenvalue weighted by molar-refractivity contribution is 0.171. The minimum Gasteiger partial charge on any atom is -0.486 e. The van der Waals surface area contributed by atoms with Crippen LogP contribution in [0.2, 0.25) is 0 Å². The minimum absolute atomic E-state index is 0.0365. The van der Waals surface area contributed by atoms with Crippen molar-refractivity contribution in [3.8, 4) is 11.5 Å². The van der Waals surface area contributed by atoms with Gasteiger partial charge in [0.25, 0.3) is 10.0 Å². The summed E-state index contributed by atoms with van der Waals surface area (Å²) < 4.78 is 64.4. The van der Waals surface area contributed by atoms with Gasteiger partial charge in [0, 0.05) is 12.6 Å². The van der Waals surface area contributed by atoms with Gasteiger partial charge in [-0.1, -0.05) is 6.07 Å². The fraction of sp³-hybridized carbons (Fsp3) is 0.333. The second-order valence-electron chi connectivity index (χ2n) is 6.69. The molecule has 4 rings (SSSR count). The first-order valence-electron chi connectivity index (χ1n) is 8.77. The number of hydrogen-bond acceptors (Lipinski definition) is 6. The summed E-state index contributed by atoms with van der Waals surface area (Å²) in [5.41, 5.74) is 1.68. The van der Waals surface area contributed by atoms with E-state index in [1.165, 1.54) is 16.4 Å². The van der Waals surface area contributed by atoms with Crippen molar-refractivity contribution in [1.82, 2.24) is 0 Å². The molecule has 2 aromatic carbocycles. The molecule has 28 heavy (non-hydrogen) atoms. The van der Waals surface area contributed by atoms with Gasteiger partial charge in [-0.3, -0.25) is 9.03 Å². The van der Waals surface area contributed by atoms with E-state index in [-0.39, 0.29) is 4.90 Å². The first-order valence-corrected chi connectivity index (χ1v) is 12.1. The molecule has 0 saturated carbocycles. The molecule has 0 spiro atoms. The molecule has 0 amide bonds. The highest BCUT2D eigenvalue weighted by Crippen LogP contribution is 2.34. The Kier molecular flexibility index (Phi) is 4.62. The summed E-state index contributed by atoms with van der Waals surface area (Å²) in [6.07, 6.45) is 2.62.